The van der Waals surface area contributed by atoms with Crippen molar-refractivity contribution in [2.75, 3.05) is 13.6 Å². The van der Waals surface area contributed by atoms with Crippen LogP contribution < -0.4 is 5.32 Å². The summed E-state index contributed by atoms with van der Waals surface area (Å²) in [6, 6.07) is 0. The van der Waals surface area contributed by atoms with Gasteiger partial charge in [-0.25, -0.2) is 0 Å². The summed E-state index contributed by atoms with van der Waals surface area (Å²) in [5.41, 5.74) is 1.02. The summed E-state index contributed by atoms with van der Waals surface area (Å²) in [5, 5.41) is 3.25. The van der Waals surface area contributed by atoms with Crippen molar-refractivity contribution in [1.29, 1.82) is 0 Å². The van der Waals surface area contributed by atoms with Crippen molar-refractivity contribution < 1.29 is 0 Å². The van der Waals surface area contributed by atoms with Gasteiger partial charge >= 0.3 is 0 Å². The Bertz CT molecular complexity index is 204. The molecule has 3 nitrogen and oxygen atoms in total. The molecule has 74 valence electrons. The van der Waals surface area contributed by atoms with Crippen LogP contribution in [0.5, 0.6) is 0 Å². The fraction of sp³-hybridized carbons (Fsp3) is 0.600. The molecule has 0 aliphatic carbocycles. The van der Waals surface area contributed by atoms with Crippen LogP contribution >= 0.6 is 0 Å². The first kappa shape index (κ1) is 11.9. The highest BCUT2D eigenvalue weighted by molar-refractivity contribution is 5.97. The zero-order valence-corrected chi connectivity index (χ0v) is 8.80. The van der Waals surface area contributed by atoms with Crippen molar-refractivity contribution in [2.24, 2.45) is 9.98 Å². The minimum atomic E-state index is 0.904. The van der Waals surface area contributed by atoms with Crippen LogP contribution in [0.2, 0.25) is 0 Å². The third kappa shape index (κ3) is 5.17. The number of nitrogens with one attached hydrogen (secondary N) is 1. The molecular weight excluding hydrogens is 162 g/mol. The lowest BCUT2D eigenvalue weighted by Gasteiger charge is -2.07. The molecule has 0 radical (unpaired) electrons. The van der Waals surface area contributed by atoms with Crippen molar-refractivity contribution in [1.82, 2.24) is 5.32 Å². The summed E-state index contributed by atoms with van der Waals surface area (Å²) in [6.45, 7) is 8.50. The van der Waals surface area contributed by atoms with Gasteiger partial charge in [-0.3, -0.25) is 9.98 Å². The fourth-order valence-corrected chi connectivity index (χ4v) is 0.976. The molecule has 0 spiro atoms. The van der Waals surface area contributed by atoms with Crippen LogP contribution in [0.3, 0.4) is 0 Å². The first-order valence-electron chi connectivity index (χ1n) is 4.59. The van der Waals surface area contributed by atoms with Crippen molar-refractivity contribution in [3.63, 3.8) is 0 Å². The second kappa shape index (κ2) is 7.53. The van der Waals surface area contributed by atoms with Gasteiger partial charge in [0, 0.05) is 25.4 Å². The molecule has 13 heavy (non-hydrogen) atoms. The number of rotatable bonds is 5. The van der Waals surface area contributed by atoms with E-state index in [0.29, 0.717) is 0 Å². The zero-order chi connectivity index (χ0) is 10.1. The van der Waals surface area contributed by atoms with E-state index >= 15 is 0 Å². The Kier molecular flexibility index (Phi) is 6.88. The van der Waals surface area contributed by atoms with Gasteiger partial charge in [-0.2, -0.15) is 0 Å². The monoisotopic (exact) mass is 181 g/mol. The summed E-state index contributed by atoms with van der Waals surface area (Å²) in [5.74, 6) is 0.904. The average Bonchev–Trinajstić information content (AvgIpc) is 2.13. The molecule has 0 bridgehead atoms. The van der Waals surface area contributed by atoms with Gasteiger partial charge in [0.05, 0.1) is 0 Å². The summed E-state index contributed by atoms with van der Waals surface area (Å²) in [7, 11) is 1.77. The van der Waals surface area contributed by atoms with Crippen molar-refractivity contribution in [3.8, 4) is 0 Å². The number of nitrogens with zero attached hydrogens (tertiary/aromatic N) is 2. The van der Waals surface area contributed by atoms with Crippen LogP contribution in [-0.2, 0) is 0 Å². The van der Waals surface area contributed by atoms with Crippen LogP contribution in [0.4, 0.5) is 0 Å². The number of aliphatic imine (C=N–C) groups is 2. The minimum absolute atomic E-state index is 0.904. The number of unbranched alkanes of at least 4 members (excludes halogenated alkanes) is 1. The molecule has 0 aliphatic heterocycles. The predicted octanol–water partition coefficient (Wildman–Crippen LogP) is 2.01. The van der Waals surface area contributed by atoms with Crippen LogP contribution in [0.25, 0.3) is 0 Å². The van der Waals surface area contributed by atoms with E-state index < -0.39 is 0 Å². The predicted molar refractivity (Wildman–Crippen MR) is 59.6 cm³/mol. The van der Waals surface area contributed by atoms with E-state index in [9.17, 15) is 0 Å². The topological polar surface area (TPSA) is 36.8 Å². The second-order valence-electron chi connectivity index (χ2n) is 2.85. The number of hydrogen-bond acceptors (Lipinski definition) is 2. The fourth-order valence-electron chi connectivity index (χ4n) is 0.976. The zero-order valence-electron chi connectivity index (χ0n) is 8.80. The third-order valence-electron chi connectivity index (χ3n) is 1.70. The Balaban J connectivity index is 4.04. The van der Waals surface area contributed by atoms with E-state index in [1.807, 2.05) is 6.92 Å². The molecule has 1 N–H and O–H groups in total. The Morgan fingerprint density at radius 2 is 2.23 bits per heavy atom. The Hall–Kier alpha value is -1.12. The molecule has 0 aromatic carbocycles. The molecule has 0 atom stereocenters. The molecule has 0 saturated heterocycles. The third-order valence-corrected chi connectivity index (χ3v) is 1.70. The second-order valence-corrected chi connectivity index (χ2v) is 2.85. The van der Waals surface area contributed by atoms with E-state index in [4.69, 9.17) is 0 Å². The van der Waals surface area contributed by atoms with E-state index in [0.717, 1.165) is 24.4 Å². The van der Waals surface area contributed by atoms with Crippen molar-refractivity contribution in [2.45, 2.75) is 26.7 Å². The highest BCUT2D eigenvalue weighted by Crippen LogP contribution is 1.95. The van der Waals surface area contributed by atoms with Crippen molar-refractivity contribution in [3.05, 3.63) is 11.8 Å². The van der Waals surface area contributed by atoms with Crippen LogP contribution in [0, 0.1) is 0 Å². The molecule has 0 saturated carbocycles. The largest absolute Gasteiger partial charge is 0.370 e. The van der Waals surface area contributed by atoms with Gasteiger partial charge in [0.15, 0.2) is 0 Å². The molecular formula is C10H19N3. The summed E-state index contributed by atoms with van der Waals surface area (Å²) in [6.07, 6.45) is 4.06. The van der Waals surface area contributed by atoms with Crippen LogP contribution in [0.15, 0.2) is 21.8 Å². The standard InChI is InChI=1S/C10H19N3/c1-5-6-7-13-10(12-4)9(2)8-11-3/h8H,3,5-7H2,1-2,4H3,(H,12,13)/b9-8-. The Morgan fingerprint density at radius 3 is 2.69 bits per heavy atom. The maximum Gasteiger partial charge on any atom is 0.125 e. The van der Waals surface area contributed by atoms with Gasteiger partial charge in [-0.15, -0.1) is 0 Å². The molecule has 0 amide bonds. The summed E-state index contributed by atoms with van der Waals surface area (Å²) in [4.78, 5) is 7.83. The molecule has 0 fully saturated rings. The quantitative estimate of drug-likeness (QED) is 0.393. The van der Waals surface area contributed by atoms with Crippen LogP contribution in [-0.4, -0.2) is 26.1 Å². The number of hydrogen-bond donors (Lipinski definition) is 1. The van der Waals surface area contributed by atoms with Gasteiger partial charge in [0.2, 0.25) is 0 Å². The van der Waals surface area contributed by atoms with E-state index in [-0.39, 0.29) is 0 Å². The van der Waals surface area contributed by atoms with Gasteiger partial charge in [-0.05, 0) is 20.1 Å². The van der Waals surface area contributed by atoms with E-state index in [1.54, 1.807) is 13.2 Å². The SMILES string of the molecule is C=N/C=C(/C)C(=NC)NCCCC. The molecule has 0 aliphatic rings. The van der Waals surface area contributed by atoms with Crippen LogP contribution in [0.1, 0.15) is 26.7 Å². The summed E-state index contributed by atoms with van der Waals surface area (Å²) >= 11 is 0. The minimum Gasteiger partial charge on any atom is -0.370 e. The molecule has 0 rings (SSSR count). The van der Waals surface area contributed by atoms with Gasteiger partial charge in [-0.1, -0.05) is 13.3 Å². The smallest absolute Gasteiger partial charge is 0.125 e. The number of amidine groups is 1. The van der Waals surface area contributed by atoms with Crippen molar-refractivity contribution >= 4 is 12.6 Å². The lowest BCUT2D eigenvalue weighted by atomic mass is 10.2. The lowest BCUT2D eigenvalue weighted by Crippen LogP contribution is -2.25. The van der Waals surface area contributed by atoms with Gasteiger partial charge < -0.3 is 5.32 Å². The maximum absolute atomic E-state index is 4.13. The first-order chi connectivity index (χ1) is 6.26. The molecule has 0 heterocycles. The Morgan fingerprint density at radius 1 is 1.54 bits per heavy atom. The first-order valence-corrected chi connectivity index (χ1v) is 4.59. The van der Waals surface area contributed by atoms with Gasteiger partial charge in [0.25, 0.3) is 0 Å². The van der Waals surface area contributed by atoms with E-state index in [2.05, 4.69) is 28.9 Å². The summed E-state index contributed by atoms with van der Waals surface area (Å²) < 4.78 is 0. The molecule has 0 aromatic rings. The highest BCUT2D eigenvalue weighted by Gasteiger charge is 1.98. The molecule has 0 unspecified atom stereocenters. The average molecular weight is 181 g/mol. The lowest BCUT2D eigenvalue weighted by molar-refractivity contribution is 0.753. The molecule has 0 aromatic heterocycles. The highest BCUT2D eigenvalue weighted by atomic mass is 15.0. The molecule has 3 heteroatoms. The Labute approximate surface area is 80.7 Å². The van der Waals surface area contributed by atoms with Gasteiger partial charge in [0.1, 0.15) is 5.84 Å². The maximum atomic E-state index is 4.13. The normalized spacial score (nSPS) is 12.8. The van der Waals surface area contributed by atoms with E-state index in [1.165, 1.54) is 6.42 Å².